The Kier molecular flexibility index (Phi) is 5.42. The van der Waals surface area contributed by atoms with Crippen molar-refractivity contribution in [2.24, 2.45) is 5.92 Å². The van der Waals surface area contributed by atoms with Gasteiger partial charge in [-0.15, -0.1) is 0 Å². The fourth-order valence-corrected chi connectivity index (χ4v) is 3.84. The highest BCUT2D eigenvalue weighted by Crippen LogP contribution is 2.37. The highest BCUT2D eigenvalue weighted by Gasteiger charge is 2.36. The normalized spacial score (nSPS) is 20.6. The van der Waals surface area contributed by atoms with Crippen molar-refractivity contribution in [1.29, 1.82) is 0 Å². The summed E-state index contributed by atoms with van der Waals surface area (Å²) in [5.41, 5.74) is 3.01. The van der Waals surface area contributed by atoms with Gasteiger partial charge in [0.15, 0.2) is 10.9 Å². The first kappa shape index (κ1) is 17.9. The van der Waals surface area contributed by atoms with E-state index < -0.39 is 0 Å². The summed E-state index contributed by atoms with van der Waals surface area (Å²) in [4.78, 5) is 14.7. The molecule has 0 aromatic heterocycles. The number of hydrogen-bond acceptors (Lipinski definition) is 3. The number of thiocarbonyl (C=S) groups is 1. The first-order valence-corrected chi connectivity index (χ1v) is 9.49. The molecule has 1 aliphatic carbocycles. The smallest absolute Gasteiger partial charge is 0.173 e. The standard InChI is InChI=1S/C20H26N2O2S/c1-4-22-16-9-6-10-17(23)18(16)19(21-20(22)25)14-7-5-8-15(11-14)24-12-13(2)3/h5,7-8,11,13,19H,4,6,9-10,12H2,1-3H3,(H,21,25). The van der Waals surface area contributed by atoms with Crippen LogP contribution in [0.4, 0.5) is 0 Å². The predicted molar refractivity (Wildman–Crippen MR) is 104 cm³/mol. The number of ether oxygens (including phenoxy) is 1. The zero-order chi connectivity index (χ0) is 18.0. The van der Waals surface area contributed by atoms with E-state index in [1.165, 1.54) is 0 Å². The van der Waals surface area contributed by atoms with Crippen LogP contribution in [0.3, 0.4) is 0 Å². The van der Waals surface area contributed by atoms with Gasteiger partial charge in [0, 0.05) is 24.2 Å². The summed E-state index contributed by atoms with van der Waals surface area (Å²) < 4.78 is 5.86. The van der Waals surface area contributed by atoms with Crippen LogP contribution >= 0.6 is 12.2 Å². The number of ketones is 1. The Morgan fingerprint density at radius 3 is 2.88 bits per heavy atom. The molecule has 0 radical (unpaired) electrons. The Morgan fingerprint density at radius 1 is 1.36 bits per heavy atom. The van der Waals surface area contributed by atoms with Crippen molar-refractivity contribution in [3.8, 4) is 5.75 Å². The quantitative estimate of drug-likeness (QED) is 0.807. The molecular formula is C20H26N2O2S. The molecule has 0 saturated carbocycles. The molecule has 0 amide bonds. The molecule has 5 heteroatoms. The summed E-state index contributed by atoms with van der Waals surface area (Å²) >= 11 is 5.57. The third kappa shape index (κ3) is 3.71. The second-order valence-electron chi connectivity index (χ2n) is 7.04. The fourth-order valence-electron chi connectivity index (χ4n) is 3.48. The Hall–Kier alpha value is -1.88. The minimum absolute atomic E-state index is 0.180. The summed E-state index contributed by atoms with van der Waals surface area (Å²) in [6, 6.07) is 7.83. The molecule has 0 fully saturated rings. The zero-order valence-electron chi connectivity index (χ0n) is 15.2. The minimum atomic E-state index is -0.180. The molecule has 1 aromatic rings. The maximum Gasteiger partial charge on any atom is 0.173 e. The molecule has 2 aliphatic rings. The van der Waals surface area contributed by atoms with Crippen molar-refractivity contribution in [3.05, 3.63) is 41.1 Å². The van der Waals surface area contributed by atoms with E-state index in [9.17, 15) is 4.79 Å². The molecule has 0 spiro atoms. The number of nitrogens with zero attached hydrogens (tertiary/aromatic N) is 1. The first-order valence-electron chi connectivity index (χ1n) is 9.08. The molecule has 1 aromatic carbocycles. The van der Waals surface area contributed by atoms with Crippen LogP contribution in [0.15, 0.2) is 35.5 Å². The number of Topliss-reactive ketones (excluding diaryl/α,β-unsaturated/α-hetero) is 1. The van der Waals surface area contributed by atoms with E-state index in [0.717, 1.165) is 42.0 Å². The molecule has 134 valence electrons. The average Bonchev–Trinajstić information content (AvgIpc) is 2.59. The summed E-state index contributed by atoms with van der Waals surface area (Å²) in [6.45, 7) is 7.78. The molecular weight excluding hydrogens is 332 g/mol. The SMILES string of the molecule is CCN1C(=S)NC(c2cccc(OCC(C)C)c2)C2=C1CCCC2=O. The molecule has 3 rings (SSSR count). The lowest BCUT2D eigenvalue weighted by Gasteiger charge is -2.40. The largest absolute Gasteiger partial charge is 0.493 e. The third-order valence-electron chi connectivity index (χ3n) is 4.65. The Bertz CT molecular complexity index is 711. The van der Waals surface area contributed by atoms with Crippen LogP contribution in [0, 0.1) is 5.92 Å². The van der Waals surface area contributed by atoms with E-state index >= 15 is 0 Å². The van der Waals surface area contributed by atoms with Gasteiger partial charge in [0.25, 0.3) is 0 Å². The van der Waals surface area contributed by atoms with E-state index in [4.69, 9.17) is 17.0 Å². The zero-order valence-corrected chi connectivity index (χ0v) is 16.0. The summed E-state index contributed by atoms with van der Waals surface area (Å²) in [6.07, 6.45) is 2.43. The van der Waals surface area contributed by atoms with Crippen LogP contribution in [0.1, 0.15) is 51.6 Å². The Labute approximate surface area is 155 Å². The van der Waals surface area contributed by atoms with Crippen LogP contribution in [-0.2, 0) is 4.79 Å². The van der Waals surface area contributed by atoms with Crippen LogP contribution < -0.4 is 10.1 Å². The van der Waals surface area contributed by atoms with Gasteiger partial charge in [0.2, 0.25) is 0 Å². The van der Waals surface area contributed by atoms with Crippen LogP contribution in [0.25, 0.3) is 0 Å². The molecule has 1 unspecified atom stereocenters. The van der Waals surface area contributed by atoms with Gasteiger partial charge in [-0.25, -0.2) is 0 Å². The number of carbonyl (C=O) groups is 1. The second kappa shape index (κ2) is 7.56. The second-order valence-corrected chi connectivity index (χ2v) is 7.43. The van der Waals surface area contributed by atoms with Crippen molar-refractivity contribution >= 4 is 23.1 Å². The average molecular weight is 359 g/mol. The van der Waals surface area contributed by atoms with Gasteiger partial charge in [-0.3, -0.25) is 4.79 Å². The monoisotopic (exact) mass is 358 g/mol. The summed E-state index contributed by atoms with van der Waals surface area (Å²) in [5.74, 6) is 1.53. The van der Waals surface area contributed by atoms with Gasteiger partial charge in [-0.2, -0.15) is 0 Å². The van der Waals surface area contributed by atoms with Gasteiger partial charge >= 0.3 is 0 Å². The predicted octanol–water partition coefficient (Wildman–Crippen LogP) is 3.98. The van der Waals surface area contributed by atoms with Gasteiger partial charge in [-0.1, -0.05) is 26.0 Å². The summed E-state index contributed by atoms with van der Waals surface area (Å²) in [5, 5.41) is 4.08. The minimum Gasteiger partial charge on any atom is -0.493 e. The summed E-state index contributed by atoms with van der Waals surface area (Å²) in [7, 11) is 0. The van der Waals surface area contributed by atoms with Crippen LogP contribution in [0.5, 0.6) is 5.75 Å². The van der Waals surface area contributed by atoms with E-state index in [0.29, 0.717) is 24.1 Å². The molecule has 1 N–H and O–H groups in total. The molecule has 1 heterocycles. The van der Waals surface area contributed by atoms with Gasteiger partial charge in [0.1, 0.15) is 5.75 Å². The van der Waals surface area contributed by atoms with E-state index in [1.807, 2.05) is 24.3 Å². The van der Waals surface area contributed by atoms with Gasteiger partial charge in [0.05, 0.1) is 12.6 Å². The number of allylic oxidation sites excluding steroid dienone is 1. The highest BCUT2D eigenvalue weighted by atomic mass is 32.1. The number of hydrogen-bond donors (Lipinski definition) is 1. The van der Waals surface area contributed by atoms with E-state index in [2.05, 4.69) is 31.0 Å². The van der Waals surface area contributed by atoms with Crippen molar-refractivity contribution < 1.29 is 9.53 Å². The van der Waals surface area contributed by atoms with Crippen molar-refractivity contribution in [3.63, 3.8) is 0 Å². The first-order chi connectivity index (χ1) is 12.0. The number of rotatable bonds is 5. The van der Waals surface area contributed by atoms with Crippen LogP contribution in [0.2, 0.25) is 0 Å². The van der Waals surface area contributed by atoms with Crippen molar-refractivity contribution in [2.75, 3.05) is 13.2 Å². The van der Waals surface area contributed by atoms with Crippen molar-refractivity contribution in [1.82, 2.24) is 10.2 Å². The number of benzene rings is 1. The van der Waals surface area contributed by atoms with Gasteiger partial charge < -0.3 is 15.0 Å². The number of carbonyl (C=O) groups excluding carboxylic acids is 1. The topological polar surface area (TPSA) is 41.6 Å². The van der Waals surface area contributed by atoms with E-state index in [-0.39, 0.29) is 11.8 Å². The number of nitrogens with one attached hydrogen (secondary N) is 1. The highest BCUT2D eigenvalue weighted by molar-refractivity contribution is 7.80. The lowest BCUT2D eigenvalue weighted by atomic mass is 9.85. The fraction of sp³-hybridized carbons (Fsp3) is 0.500. The lowest BCUT2D eigenvalue weighted by Crippen LogP contribution is -2.49. The van der Waals surface area contributed by atoms with Crippen molar-refractivity contribution in [2.45, 2.75) is 46.1 Å². The lowest BCUT2D eigenvalue weighted by molar-refractivity contribution is -0.116. The Morgan fingerprint density at radius 2 is 2.16 bits per heavy atom. The molecule has 0 saturated heterocycles. The van der Waals surface area contributed by atoms with Crippen LogP contribution in [-0.4, -0.2) is 28.9 Å². The molecule has 1 aliphatic heterocycles. The molecule has 1 atom stereocenters. The van der Waals surface area contributed by atoms with Gasteiger partial charge in [-0.05, 0) is 55.6 Å². The van der Waals surface area contributed by atoms with E-state index in [1.54, 1.807) is 0 Å². The maximum atomic E-state index is 12.7. The molecule has 0 bridgehead atoms. The molecule has 4 nitrogen and oxygen atoms in total. The Balaban J connectivity index is 1.97. The maximum absolute atomic E-state index is 12.7. The molecule has 25 heavy (non-hydrogen) atoms. The third-order valence-corrected chi connectivity index (χ3v) is 4.99.